The Labute approximate surface area is 61.9 Å². The van der Waals surface area contributed by atoms with Crippen molar-refractivity contribution in [2.45, 2.75) is 20.3 Å². The van der Waals surface area contributed by atoms with Gasteiger partial charge in [-0.25, -0.2) is 5.84 Å². The Hall–Kier alpha value is -0.770. The molecule has 4 heteroatoms. The van der Waals surface area contributed by atoms with Crippen molar-refractivity contribution in [1.82, 2.24) is 10.7 Å². The summed E-state index contributed by atoms with van der Waals surface area (Å²) >= 11 is 0. The Morgan fingerprint density at radius 2 is 2.20 bits per heavy atom. The number of hydrogen-bond acceptors (Lipinski definition) is 2. The molecule has 0 aromatic heterocycles. The number of nitrogens with zero attached hydrogens (tertiary/aromatic N) is 1. The Morgan fingerprint density at radius 3 is 2.60 bits per heavy atom. The van der Waals surface area contributed by atoms with Gasteiger partial charge in [0.15, 0.2) is 0 Å². The van der Waals surface area contributed by atoms with Crippen molar-refractivity contribution in [2.24, 2.45) is 10.8 Å². The van der Waals surface area contributed by atoms with Crippen LogP contribution < -0.4 is 16.6 Å². The molecule has 0 bridgehead atoms. The van der Waals surface area contributed by atoms with Gasteiger partial charge in [-0.15, -0.1) is 0 Å². The maximum Gasteiger partial charge on any atom is 0.205 e. The molecule has 0 spiro atoms. The summed E-state index contributed by atoms with van der Waals surface area (Å²) in [6.45, 7) is 5.72. The van der Waals surface area contributed by atoms with E-state index in [0.29, 0.717) is 5.96 Å². The van der Waals surface area contributed by atoms with Gasteiger partial charge in [0.2, 0.25) is 5.96 Å². The molecule has 0 fully saturated rings. The fraction of sp³-hybridized carbons (Fsp3) is 0.833. The van der Waals surface area contributed by atoms with Crippen molar-refractivity contribution in [3.05, 3.63) is 0 Å². The van der Waals surface area contributed by atoms with E-state index < -0.39 is 0 Å². The second-order valence-corrected chi connectivity index (χ2v) is 1.90. The number of aliphatic imine (C=N–C) groups is 1. The zero-order valence-electron chi connectivity index (χ0n) is 6.65. The van der Waals surface area contributed by atoms with E-state index in [1.165, 1.54) is 0 Å². The summed E-state index contributed by atoms with van der Waals surface area (Å²) in [6.07, 6.45) is 1.04. The van der Waals surface area contributed by atoms with Gasteiger partial charge >= 0.3 is 0 Å². The van der Waals surface area contributed by atoms with Crippen molar-refractivity contribution in [3.8, 4) is 0 Å². The third kappa shape index (κ3) is 4.14. The predicted molar refractivity (Wildman–Crippen MR) is 43.6 cm³/mol. The second-order valence-electron chi connectivity index (χ2n) is 1.90. The smallest absolute Gasteiger partial charge is 0.205 e. The van der Waals surface area contributed by atoms with Crippen molar-refractivity contribution in [2.75, 3.05) is 13.1 Å². The molecule has 0 aliphatic carbocycles. The van der Waals surface area contributed by atoms with Gasteiger partial charge in [0.05, 0.1) is 0 Å². The first kappa shape index (κ1) is 9.23. The molecule has 10 heavy (non-hydrogen) atoms. The Bertz CT molecular complexity index is 99.9. The molecule has 0 atom stereocenters. The number of hydrogen-bond donors (Lipinski definition) is 3. The number of nitrogens with two attached hydrogens (primary N) is 1. The zero-order chi connectivity index (χ0) is 7.82. The SMILES string of the molecule is CCCN=C(NN)NCC. The van der Waals surface area contributed by atoms with E-state index >= 15 is 0 Å². The molecule has 0 aliphatic rings. The van der Waals surface area contributed by atoms with Crippen molar-refractivity contribution in [3.63, 3.8) is 0 Å². The molecule has 0 aromatic rings. The van der Waals surface area contributed by atoms with Gasteiger partial charge < -0.3 is 5.32 Å². The van der Waals surface area contributed by atoms with E-state index in [1.54, 1.807) is 0 Å². The Kier molecular flexibility index (Phi) is 5.86. The van der Waals surface area contributed by atoms with Crippen molar-refractivity contribution < 1.29 is 0 Å². The highest BCUT2D eigenvalue weighted by atomic mass is 15.3. The van der Waals surface area contributed by atoms with E-state index in [0.717, 1.165) is 19.5 Å². The third-order valence-electron chi connectivity index (χ3n) is 0.974. The van der Waals surface area contributed by atoms with E-state index in [9.17, 15) is 0 Å². The van der Waals surface area contributed by atoms with E-state index in [-0.39, 0.29) is 0 Å². The molecule has 0 heterocycles. The van der Waals surface area contributed by atoms with Gasteiger partial charge in [-0.3, -0.25) is 10.4 Å². The summed E-state index contributed by atoms with van der Waals surface area (Å²) in [5, 5.41) is 2.98. The van der Waals surface area contributed by atoms with Crippen LogP contribution in [0.2, 0.25) is 0 Å². The largest absolute Gasteiger partial charge is 0.356 e. The first-order chi connectivity index (χ1) is 4.85. The van der Waals surface area contributed by atoms with E-state index in [1.807, 2.05) is 6.92 Å². The Morgan fingerprint density at radius 1 is 1.50 bits per heavy atom. The molecule has 0 rings (SSSR count). The average molecular weight is 144 g/mol. The molecule has 0 aliphatic heterocycles. The van der Waals surface area contributed by atoms with Crippen LogP contribution in [0.5, 0.6) is 0 Å². The van der Waals surface area contributed by atoms with Crippen molar-refractivity contribution >= 4 is 5.96 Å². The molecular weight excluding hydrogens is 128 g/mol. The first-order valence-corrected chi connectivity index (χ1v) is 3.60. The third-order valence-corrected chi connectivity index (χ3v) is 0.974. The second kappa shape index (κ2) is 6.35. The van der Waals surface area contributed by atoms with Crippen LogP contribution in [0, 0.1) is 0 Å². The minimum Gasteiger partial charge on any atom is -0.356 e. The highest BCUT2D eigenvalue weighted by Gasteiger charge is 1.88. The molecule has 0 aromatic carbocycles. The Balaban J connectivity index is 3.55. The van der Waals surface area contributed by atoms with Crippen LogP contribution in [0.25, 0.3) is 0 Å². The summed E-state index contributed by atoms with van der Waals surface area (Å²) in [4.78, 5) is 4.12. The molecule has 0 saturated heterocycles. The molecule has 4 nitrogen and oxygen atoms in total. The lowest BCUT2D eigenvalue weighted by Gasteiger charge is -2.04. The lowest BCUT2D eigenvalue weighted by atomic mass is 10.5. The maximum atomic E-state index is 5.16. The molecule has 60 valence electrons. The first-order valence-electron chi connectivity index (χ1n) is 3.60. The van der Waals surface area contributed by atoms with Gasteiger partial charge in [0, 0.05) is 13.1 Å². The minimum absolute atomic E-state index is 0.671. The topological polar surface area (TPSA) is 62.4 Å². The fourth-order valence-electron chi connectivity index (χ4n) is 0.544. The van der Waals surface area contributed by atoms with Crippen LogP contribution in [-0.2, 0) is 0 Å². The molecule has 0 unspecified atom stereocenters. The lowest BCUT2D eigenvalue weighted by Crippen LogP contribution is -2.41. The molecule has 0 amide bonds. The maximum absolute atomic E-state index is 5.16. The quantitative estimate of drug-likeness (QED) is 0.223. The summed E-state index contributed by atoms with van der Waals surface area (Å²) in [6, 6.07) is 0. The standard InChI is InChI=1S/C6H16N4/c1-3-5-9-6(10-7)8-4-2/h3-5,7H2,1-2H3,(H2,8,9,10). The predicted octanol–water partition coefficient (Wildman–Crippen LogP) is -0.175. The van der Waals surface area contributed by atoms with E-state index in [4.69, 9.17) is 5.84 Å². The normalized spacial score (nSPS) is 11.3. The number of rotatable bonds is 3. The van der Waals surface area contributed by atoms with Crippen LogP contribution in [-0.4, -0.2) is 19.0 Å². The van der Waals surface area contributed by atoms with Gasteiger partial charge in [-0.1, -0.05) is 6.92 Å². The summed E-state index contributed by atoms with van der Waals surface area (Å²) in [5.41, 5.74) is 2.48. The number of nitrogens with one attached hydrogen (secondary N) is 2. The summed E-state index contributed by atoms with van der Waals surface area (Å²) < 4.78 is 0. The van der Waals surface area contributed by atoms with Crippen LogP contribution >= 0.6 is 0 Å². The number of guanidine groups is 1. The average Bonchev–Trinajstić information content (AvgIpc) is 1.98. The summed E-state index contributed by atoms with van der Waals surface area (Å²) in [7, 11) is 0. The minimum atomic E-state index is 0.671. The lowest BCUT2D eigenvalue weighted by molar-refractivity contribution is 0.836. The van der Waals surface area contributed by atoms with Gasteiger partial charge in [-0.05, 0) is 13.3 Å². The van der Waals surface area contributed by atoms with Gasteiger partial charge in [-0.2, -0.15) is 0 Å². The zero-order valence-corrected chi connectivity index (χ0v) is 6.65. The molecule has 0 saturated carbocycles. The highest BCUT2D eigenvalue weighted by Crippen LogP contribution is 1.76. The van der Waals surface area contributed by atoms with Crippen LogP contribution in [0.15, 0.2) is 4.99 Å². The van der Waals surface area contributed by atoms with Crippen LogP contribution in [0.1, 0.15) is 20.3 Å². The molecule has 0 radical (unpaired) electrons. The summed E-state index contributed by atoms with van der Waals surface area (Å²) in [5.74, 6) is 5.83. The van der Waals surface area contributed by atoms with E-state index in [2.05, 4.69) is 22.7 Å². The molecular formula is C6H16N4. The fourth-order valence-corrected chi connectivity index (χ4v) is 0.544. The van der Waals surface area contributed by atoms with Crippen LogP contribution in [0.4, 0.5) is 0 Å². The van der Waals surface area contributed by atoms with Crippen LogP contribution in [0.3, 0.4) is 0 Å². The monoisotopic (exact) mass is 144 g/mol. The van der Waals surface area contributed by atoms with Gasteiger partial charge in [0.25, 0.3) is 0 Å². The number of hydrazine groups is 1. The molecule has 4 N–H and O–H groups in total. The van der Waals surface area contributed by atoms with Crippen molar-refractivity contribution in [1.29, 1.82) is 0 Å². The highest BCUT2D eigenvalue weighted by molar-refractivity contribution is 5.78. The van der Waals surface area contributed by atoms with Gasteiger partial charge in [0.1, 0.15) is 0 Å².